The third kappa shape index (κ3) is 2.90. The number of benzene rings is 1. The van der Waals surface area contributed by atoms with Crippen molar-refractivity contribution < 1.29 is 4.74 Å². The number of rotatable bonds is 6. The molecule has 3 nitrogen and oxygen atoms in total. The lowest BCUT2D eigenvalue weighted by molar-refractivity contribution is 0.309. The molecular formula is C13H18N2OS2. The van der Waals surface area contributed by atoms with Crippen LogP contribution in [-0.4, -0.2) is 17.9 Å². The van der Waals surface area contributed by atoms with Crippen molar-refractivity contribution in [3.63, 3.8) is 0 Å². The van der Waals surface area contributed by atoms with Crippen molar-refractivity contribution in [3.8, 4) is 5.75 Å². The Morgan fingerprint density at radius 1 is 1.44 bits per heavy atom. The zero-order valence-corrected chi connectivity index (χ0v) is 12.4. The summed E-state index contributed by atoms with van der Waals surface area (Å²) in [6.45, 7) is 5.93. The van der Waals surface area contributed by atoms with Crippen LogP contribution in [0.15, 0.2) is 23.1 Å². The van der Waals surface area contributed by atoms with Crippen molar-refractivity contribution in [2.45, 2.75) is 36.3 Å². The van der Waals surface area contributed by atoms with Gasteiger partial charge in [0, 0.05) is 11.4 Å². The second-order valence-electron chi connectivity index (χ2n) is 4.15. The first-order valence-corrected chi connectivity index (χ1v) is 8.02. The standard InChI is InChI=1S/C13H18N2OS2/c1-3-5-8-16-10-6-7-11-12(9-10)17-13(18-14)15(11)4-2/h6-7,9,13H,3-5,8H2,1-2H3. The van der Waals surface area contributed by atoms with Gasteiger partial charge in [-0.25, -0.2) is 0 Å². The molecule has 0 amide bonds. The van der Waals surface area contributed by atoms with Crippen LogP contribution >= 0.6 is 23.7 Å². The van der Waals surface area contributed by atoms with Crippen LogP contribution in [0.5, 0.6) is 5.75 Å². The maximum Gasteiger partial charge on any atom is 0.144 e. The van der Waals surface area contributed by atoms with E-state index in [4.69, 9.17) is 4.74 Å². The summed E-state index contributed by atoms with van der Waals surface area (Å²) in [7, 11) is 0. The second-order valence-corrected chi connectivity index (χ2v) is 6.23. The van der Waals surface area contributed by atoms with E-state index in [9.17, 15) is 5.14 Å². The summed E-state index contributed by atoms with van der Waals surface area (Å²) >= 11 is 2.58. The third-order valence-corrected chi connectivity index (χ3v) is 4.94. The monoisotopic (exact) mass is 282 g/mol. The fourth-order valence-corrected chi connectivity index (χ4v) is 3.89. The Labute approximate surface area is 118 Å². The number of thioether (sulfide) groups is 1. The van der Waals surface area contributed by atoms with Crippen molar-refractivity contribution in [3.05, 3.63) is 18.2 Å². The zero-order chi connectivity index (χ0) is 13.0. The van der Waals surface area contributed by atoms with Gasteiger partial charge >= 0.3 is 0 Å². The molecule has 1 aliphatic heterocycles. The maximum atomic E-state index is 9.31. The molecule has 0 saturated carbocycles. The normalized spacial score (nSPS) is 17.9. The number of unbranched alkanes of at least 4 members (excludes halogenated alkanes) is 1. The Balaban J connectivity index is 2.09. The zero-order valence-electron chi connectivity index (χ0n) is 10.8. The van der Waals surface area contributed by atoms with Crippen molar-refractivity contribution in [1.82, 2.24) is 5.14 Å². The summed E-state index contributed by atoms with van der Waals surface area (Å²) in [5, 5.41) is 9.31. The van der Waals surface area contributed by atoms with Crippen molar-refractivity contribution in [1.29, 1.82) is 0 Å². The lowest BCUT2D eigenvalue weighted by Crippen LogP contribution is -2.26. The molecule has 0 N–H and O–H groups in total. The molecule has 5 heteroatoms. The molecule has 0 bridgehead atoms. The van der Waals surface area contributed by atoms with E-state index in [1.807, 2.05) is 6.07 Å². The van der Waals surface area contributed by atoms with Crippen LogP contribution in [0.4, 0.5) is 5.69 Å². The van der Waals surface area contributed by atoms with Crippen molar-refractivity contribution in [2.75, 3.05) is 18.1 Å². The lowest BCUT2D eigenvalue weighted by atomic mass is 10.3. The third-order valence-electron chi connectivity index (χ3n) is 2.92. The van der Waals surface area contributed by atoms with Gasteiger partial charge in [-0.15, -0.1) is 0 Å². The van der Waals surface area contributed by atoms with E-state index in [1.54, 1.807) is 11.8 Å². The molecule has 0 spiro atoms. The Hall–Kier alpha value is -0.520. The van der Waals surface area contributed by atoms with Gasteiger partial charge in [-0.2, -0.15) is 0 Å². The molecule has 1 atom stereocenters. The predicted octanol–water partition coefficient (Wildman–Crippen LogP) is 3.80. The topological polar surface area (TPSA) is 34.8 Å². The van der Waals surface area contributed by atoms with Crippen LogP contribution in [0.3, 0.4) is 0 Å². The number of anilines is 1. The molecule has 1 aromatic rings. The summed E-state index contributed by atoms with van der Waals surface area (Å²) in [5.74, 6) is 0.925. The number of hydrogen-bond acceptors (Lipinski definition) is 4. The molecule has 0 aliphatic carbocycles. The van der Waals surface area contributed by atoms with Gasteiger partial charge in [0.05, 0.1) is 12.3 Å². The van der Waals surface area contributed by atoms with Gasteiger partial charge in [0.1, 0.15) is 10.5 Å². The Kier molecular flexibility index (Phi) is 5.09. The quantitative estimate of drug-likeness (QED) is 0.587. The molecule has 2 radical (unpaired) electrons. The summed E-state index contributed by atoms with van der Waals surface area (Å²) in [5.41, 5.74) is 1.19. The summed E-state index contributed by atoms with van der Waals surface area (Å²) in [6.07, 6.45) is 2.23. The molecule has 1 aromatic carbocycles. The predicted molar refractivity (Wildman–Crippen MR) is 79.2 cm³/mol. The van der Waals surface area contributed by atoms with Crippen LogP contribution in [0, 0.1) is 0 Å². The average molecular weight is 282 g/mol. The lowest BCUT2D eigenvalue weighted by Gasteiger charge is -2.21. The molecular weight excluding hydrogens is 264 g/mol. The van der Waals surface area contributed by atoms with Gasteiger partial charge in [0.15, 0.2) is 0 Å². The average Bonchev–Trinajstić information content (AvgIpc) is 2.75. The minimum Gasteiger partial charge on any atom is -0.494 e. The van der Waals surface area contributed by atoms with E-state index in [0.29, 0.717) is 0 Å². The van der Waals surface area contributed by atoms with E-state index in [-0.39, 0.29) is 4.71 Å². The molecule has 1 unspecified atom stereocenters. The highest BCUT2D eigenvalue weighted by atomic mass is 32.2. The number of nitrogens with zero attached hydrogens (tertiary/aromatic N) is 2. The summed E-state index contributed by atoms with van der Waals surface area (Å²) in [6, 6.07) is 6.18. The molecule has 2 rings (SSSR count). The number of ether oxygens (including phenoxy) is 1. The van der Waals surface area contributed by atoms with Crippen LogP contribution in [0.25, 0.3) is 0 Å². The molecule has 0 fully saturated rings. The van der Waals surface area contributed by atoms with Gasteiger partial charge in [-0.05, 0) is 43.5 Å². The summed E-state index contributed by atoms with van der Waals surface area (Å²) < 4.78 is 5.77. The van der Waals surface area contributed by atoms with E-state index in [1.165, 1.54) is 10.6 Å². The van der Waals surface area contributed by atoms with Crippen LogP contribution in [-0.2, 0) is 0 Å². The smallest absolute Gasteiger partial charge is 0.144 e. The number of fused-ring (bicyclic) bond motifs is 1. The van der Waals surface area contributed by atoms with Gasteiger partial charge < -0.3 is 9.64 Å². The molecule has 0 aromatic heterocycles. The molecule has 18 heavy (non-hydrogen) atoms. The van der Waals surface area contributed by atoms with E-state index >= 15 is 0 Å². The minimum absolute atomic E-state index is 0.0656. The highest BCUT2D eigenvalue weighted by Crippen LogP contribution is 2.47. The fourth-order valence-electron chi connectivity index (χ4n) is 1.93. The SMILES string of the molecule is CCCCOc1ccc2c(c1)SC(S[N])N2CC. The molecule has 0 saturated heterocycles. The minimum atomic E-state index is 0.0656. The van der Waals surface area contributed by atoms with Gasteiger partial charge in [-0.1, -0.05) is 30.2 Å². The Morgan fingerprint density at radius 2 is 2.28 bits per heavy atom. The summed E-state index contributed by atoms with van der Waals surface area (Å²) in [4.78, 5) is 3.39. The van der Waals surface area contributed by atoms with Gasteiger partial charge in [0.25, 0.3) is 0 Å². The highest BCUT2D eigenvalue weighted by Gasteiger charge is 2.29. The van der Waals surface area contributed by atoms with E-state index in [2.05, 4.69) is 30.9 Å². The van der Waals surface area contributed by atoms with Crippen LogP contribution < -0.4 is 14.8 Å². The molecule has 1 heterocycles. The van der Waals surface area contributed by atoms with Gasteiger partial charge in [0.2, 0.25) is 0 Å². The first kappa shape index (κ1) is 13.9. The first-order chi connectivity index (χ1) is 8.80. The Bertz CT molecular complexity index is 401. The first-order valence-electron chi connectivity index (χ1n) is 6.30. The van der Waals surface area contributed by atoms with Gasteiger partial charge in [-0.3, -0.25) is 0 Å². The Morgan fingerprint density at radius 3 is 2.94 bits per heavy atom. The fraction of sp³-hybridized carbons (Fsp3) is 0.538. The highest BCUT2D eigenvalue weighted by molar-refractivity contribution is 8.16. The molecule has 98 valence electrons. The molecule has 1 aliphatic rings. The van der Waals surface area contributed by atoms with Crippen LogP contribution in [0.1, 0.15) is 26.7 Å². The van der Waals surface area contributed by atoms with E-state index < -0.39 is 0 Å². The van der Waals surface area contributed by atoms with Crippen molar-refractivity contribution >= 4 is 29.4 Å². The number of hydrogen-bond donors (Lipinski definition) is 0. The second kappa shape index (κ2) is 6.59. The van der Waals surface area contributed by atoms with Crippen molar-refractivity contribution in [2.24, 2.45) is 0 Å². The van der Waals surface area contributed by atoms with E-state index in [0.717, 1.165) is 43.7 Å². The van der Waals surface area contributed by atoms with Crippen LogP contribution in [0.2, 0.25) is 0 Å². The largest absolute Gasteiger partial charge is 0.494 e. The maximum absolute atomic E-state index is 9.31.